The number of hydrogen-bond acceptors (Lipinski definition) is 5. The lowest BCUT2D eigenvalue weighted by atomic mass is 10.2. The van der Waals surface area contributed by atoms with Crippen molar-refractivity contribution >= 4 is 33.3 Å². The number of rotatable bonds is 4. The molecule has 0 atom stereocenters. The molecule has 0 saturated heterocycles. The largest absolute Gasteiger partial charge is 0.384 e. The molecule has 0 fully saturated rings. The van der Waals surface area contributed by atoms with Gasteiger partial charge in [-0.15, -0.1) is 0 Å². The van der Waals surface area contributed by atoms with Gasteiger partial charge in [-0.05, 0) is 23.8 Å². The molecule has 2 N–H and O–H groups in total. The summed E-state index contributed by atoms with van der Waals surface area (Å²) in [5.74, 6) is 0.520. The molecule has 0 amide bonds. The van der Waals surface area contributed by atoms with Gasteiger partial charge in [-0.2, -0.15) is 0 Å². The Hall–Kier alpha value is -2.15. The van der Waals surface area contributed by atoms with Crippen LogP contribution in [0.2, 0.25) is 0 Å². The Bertz CT molecular complexity index is 631. The first kappa shape index (κ1) is 14.3. The highest BCUT2D eigenvalue weighted by atomic mass is 79.9. The monoisotopic (exact) mass is 336 g/mol. The molecule has 0 aliphatic heterocycles. The van der Waals surface area contributed by atoms with E-state index in [1.54, 1.807) is 11.9 Å². The number of nitrogen functional groups attached to an aromatic ring is 1. The summed E-state index contributed by atoms with van der Waals surface area (Å²) in [5.41, 5.74) is 6.58. The molecule has 0 unspecified atom stereocenters. The van der Waals surface area contributed by atoms with Crippen LogP contribution >= 0.6 is 15.9 Å². The number of pyridine rings is 1. The highest BCUT2D eigenvalue weighted by Gasteiger charge is 2.19. The molecular weight excluding hydrogens is 324 g/mol. The zero-order chi connectivity index (χ0) is 14.7. The number of nitrogens with two attached hydrogens (primary N) is 1. The average molecular weight is 337 g/mol. The fourth-order valence-corrected chi connectivity index (χ4v) is 2.08. The van der Waals surface area contributed by atoms with Gasteiger partial charge in [-0.25, -0.2) is 4.98 Å². The van der Waals surface area contributed by atoms with Crippen LogP contribution in [0.3, 0.4) is 0 Å². The summed E-state index contributed by atoms with van der Waals surface area (Å²) in [4.78, 5) is 16.3. The zero-order valence-corrected chi connectivity index (χ0v) is 12.4. The second-order valence-corrected chi connectivity index (χ2v) is 5.23. The minimum absolute atomic E-state index is 0.0567. The highest BCUT2D eigenvalue weighted by molar-refractivity contribution is 9.10. The molecular formula is C13H13BrN4O2. The number of halogens is 1. The predicted molar refractivity (Wildman–Crippen MR) is 81.6 cm³/mol. The van der Waals surface area contributed by atoms with Gasteiger partial charge in [0.15, 0.2) is 0 Å². The van der Waals surface area contributed by atoms with Crippen LogP contribution in [-0.4, -0.2) is 17.0 Å². The van der Waals surface area contributed by atoms with Crippen LogP contribution < -0.4 is 10.6 Å². The van der Waals surface area contributed by atoms with Crippen molar-refractivity contribution in [1.82, 2.24) is 4.98 Å². The Morgan fingerprint density at radius 2 is 1.95 bits per heavy atom. The first-order chi connectivity index (χ1) is 9.47. The van der Waals surface area contributed by atoms with E-state index in [1.165, 1.54) is 12.1 Å². The van der Waals surface area contributed by atoms with E-state index < -0.39 is 4.92 Å². The van der Waals surface area contributed by atoms with Crippen LogP contribution in [0.4, 0.5) is 17.3 Å². The van der Waals surface area contributed by atoms with E-state index in [9.17, 15) is 10.1 Å². The average Bonchev–Trinajstić information content (AvgIpc) is 2.41. The number of hydrogen-bond donors (Lipinski definition) is 1. The quantitative estimate of drug-likeness (QED) is 0.685. The van der Waals surface area contributed by atoms with E-state index >= 15 is 0 Å². The van der Waals surface area contributed by atoms with E-state index in [4.69, 9.17) is 5.73 Å². The SMILES string of the molecule is CN(Cc1ccc(Br)cc1)c1nc(N)ccc1[N+](=O)[O-]. The molecule has 0 spiro atoms. The summed E-state index contributed by atoms with van der Waals surface area (Å²) in [5, 5.41) is 11.0. The van der Waals surface area contributed by atoms with Crippen molar-refractivity contribution in [3.8, 4) is 0 Å². The number of nitro groups is 1. The normalized spacial score (nSPS) is 10.3. The minimum Gasteiger partial charge on any atom is -0.384 e. The van der Waals surface area contributed by atoms with E-state index in [2.05, 4.69) is 20.9 Å². The van der Waals surface area contributed by atoms with Crippen LogP contribution in [0.15, 0.2) is 40.9 Å². The molecule has 20 heavy (non-hydrogen) atoms. The molecule has 2 aromatic rings. The zero-order valence-electron chi connectivity index (χ0n) is 10.8. The Kier molecular flexibility index (Phi) is 4.19. The van der Waals surface area contributed by atoms with E-state index in [1.807, 2.05) is 24.3 Å². The lowest BCUT2D eigenvalue weighted by molar-refractivity contribution is -0.384. The smallest absolute Gasteiger partial charge is 0.311 e. The highest BCUT2D eigenvalue weighted by Crippen LogP contribution is 2.27. The molecule has 6 nitrogen and oxygen atoms in total. The molecule has 0 aliphatic rings. The van der Waals surface area contributed by atoms with Crippen molar-refractivity contribution in [2.45, 2.75) is 6.54 Å². The van der Waals surface area contributed by atoms with Gasteiger partial charge < -0.3 is 10.6 Å². The van der Waals surface area contributed by atoms with Gasteiger partial charge in [0, 0.05) is 24.1 Å². The summed E-state index contributed by atoms with van der Waals surface area (Å²) in [7, 11) is 1.75. The summed E-state index contributed by atoms with van der Waals surface area (Å²) in [6.07, 6.45) is 0. The Balaban J connectivity index is 2.28. The van der Waals surface area contributed by atoms with Gasteiger partial charge in [0.2, 0.25) is 5.82 Å². The van der Waals surface area contributed by atoms with Crippen molar-refractivity contribution in [2.24, 2.45) is 0 Å². The third-order valence-corrected chi connectivity index (χ3v) is 3.30. The Labute approximate surface area is 124 Å². The van der Waals surface area contributed by atoms with Crippen LogP contribution in [0.25, 0.3) is 0 Å². The molecule has 0 bridgehead atoms. The topological polar surface area (TPSA) is 85.3 Å². The minimum atomic E-state index is -0.458. The van der Waals surface area contributed by atoms with E-state index in [0.29, 0.717) is 6.54 Å². The van der Waals surface area contributed by atoms with Crippen LogP contribution in [0, 0.1) is 10.1 Å². The van der Waals surface area contributed by atoms with Crippen molar-refractivity contribution in [3.63, 3.8) is 0 Å². The number of nitrogens with zero attached hydrogens (tertiary/aromatic N) is 3. The van der Waals surface area contributed by atoms with Crippen LogP contribution in [0.5, 0.6) is 0 Å². The van der Waals surface area contributed by atoms with Gasteiger partial charge >= 0.3 is 5.69 Å². The maximum Gasteiger partial charge on any atom is 0.311 e. The van der Waals surface area contributed by atoms with Gasteiger partial charge in [-0.1, -0.05) is 28.1 Å². The second kappa shape index (κ2) is 5.87. The van der Waals surface area contributed by atoms with Gasteiger partial charge in [-0.3, -0.25) is 10.1 Å². The molecule has 2 rings (SSSR count). The van der Waals surface area contributed by atoms with E-state index in [-0.39, 0.29) is 17.3 Å². The maximum absolute atomic E-state index is 11.0. The third-order valence-electron chi connectivity index (χ3n) is 2.77. The first-order valence-corrected chi connectivity index (χ1v) is 6.63. The molecule has 0 radical (unpaired) electrons. The summed E-state index contributed by atoms with van der Waals surface area (Å²) in [6, 6.07) is 10.5. The molecule has 7 heteroatoms. The number of benzene rings is 1. The molecule has 1 heterocycles. The van der Waals surface area contributed by atoms with Crippen LogP contribution in [-0.2, 0) is 6.54 Å². The number of aromatic nitrogens is 1. The Morgan fingerprint density at radius 3 is 2.55 bits per heavy atom. The van der Waals surface area contributed by atoms with E-state index in [0.717, 1.165) is 10.0 Å². The standard InChI is InChI=1S/C13H13BrN4O2/c1-17(8-9-2-4-10(14)5-3-9)13-11(18(19)20)6-7-12(15)16-13/h2-7H,8H2,1H3,(H2,15,16). The maximum atomic E-state index is 11.0. The van der Waals surface area contributed by atoms with Crippen molar-refractivity contribution in [3.05, 3.63) is 56.5 Å². The summed E-state index contributed by atoms with van der Waals surface area (Å²) in [6.45, 7) is 0.505. The summed E-state index contributed by atoms with van der Waals surface area (Å²) < 4.78 is 0.983. The van der Waals surface area contributed by atoms with Gasteiger partial charge in [0.25, 0.3) is 0 Å². The van der Waals surface area contributed by atoms with Crippen molar-refractivity contribution in [1.29, 1.82) is 0 Å². The molecule has 104 valence electrons. The van der Waals surface area contributed by atoms with Gasteiger partial charge in [0.05, 0.1) is 4.92 Å². The predicted octanol–water partition coefficient (Wildman–Crippen LogP) is 2.97. The fourth-order valence-electron chi connectivity index (χ4n) is 1.82. The summed E-state index contributed by atoms with van der Waals surface area (Å²) >= 11 is 3.36. The van der Waals surface area contributed by atoms with Crippen LogP contribution in [0.1, 0.15) is 5.56 Å². The number of anilines is 2. The van der Waals surface area contributed by atoms with Gasteiger partial charge in [0.1, 0.15) is 5.82 Å². The first-order valence-electron chi connectivity index (χ1n) is 5.84. The molecule has 0 aliphatic carbocycles. The lowest BCUT2D eigenvalue weighted by Gasteiger charge is -2.18. The Morgan fingerprint density at radius 1 is 1.30 bits per heavy atom. The van der Waals surface area contributed by atoms with Crippen molar-refractivity contribution < 1.29 is 4.92 Å². The third kappa shape index (κ3) is 3.24. The fraction of sp³-hybridized carbons (Fsp3) is 0.154. The molecule has 1 aromatic carbocycles. The molecule has 1 aromatic heterocycles. The lowest BCUT2D eigenvalue weighted by Crippen LogP contribution is -2.19. The van der Waals surface area contributed by atoms with Crippen molar-refractivity contribution in [2.75, 3.05) is 17.7 Å². The molecule has 0 saturated carbocycles. The second-order valence-electron chi connectivity index (χ2n) is 4.32.